The zero-order chi connectivity index (χ0) is 12.3. The van der Waals surface area contributed by atoms with Crippen LogP contribution in [0.3, 0.4) is 0 Å². The Kier molecular flexibility index (Phi) is 3.05. The van der Waals surface area contributed by atoms with Crippen LogP contribution < -0.4 is 11.1 Å². The van der Waals surface area contributed by atoms with Crippen LogP contribution in [-0.4, -0.2) is 10.9 Å². The number of amides is 1. The number of para-hydroxylation sites is 1. The molecule has 0 saturated heterocycles. The molecule has 0 aliphatic carbocycles. The van der Waals surface area contributed by atoms with Gasteiger partial charge in [0, 0.05) is 11.9 Å². The minimum atomic E-state index is -0.245. The van der Waals surface area contributed by atoms with E-state index in [0.717, 1.165) is 5.56 Å². The van der Waals surface area contributed by atoms with Crippen molar-refractivity contribution < 1.29 is 4.79 Å². The van der Waals surface area contributed by atoms with Gasteiger partial charge >= 0.3 is 0 Å². The number of nitrogens with one attached hydrogen (secondary N) is 1. The molecule has 0 radical (unpaired) electrons. The molecule has 1 aromatic heterocycles. The molecule has 0 fully saturated rings. The van der Waals surface area contributed by atoms with Gasteiger partial charge in [-0.2, -0.15) is 0 Å². The van der Waals surface area contributed by atoms with Crippen molar-refractivity contribution in [1.82, 2.24) is 4.98 Å². The molecule has 1 aromatic carbocycles. The highest BCUT2D eigenvalue weighted by atomic mass is 16.1. The van der Waals surface area contributed by atoms with E-state index in [0.29, 0.717) is 17.1 Å². The summed E-state index contributed by atoms with van der Waals surface area (Å²) >= 11 is 0. The van der Waals surface area contributed by atoms with E-state index in [-0.39, 0.29) is 5.91 Å². The Morgan fingerprint density at radius 1 is 1.24 bits per heavy atom. The maximum atomic E-state index is 12.0. The van der Waals surface area contributed by atoms with Crippen molar-refractivity contribution in [1.29, 1.82) is 0 Å². The lowest BCUT2D eigenvalue weighted by molar-refractivity contribution is 0.102. The molecule has 4 heteroatoms. The van der Waals surface area contributed by atoms with Gasteiger partial charge in [-0.3, -0.25) is 4.79 Å². The monoisotopic (exact) mass is 227 g/mol. The third kappa shape index (κ3) is 2.42. The average Bonchev–Trinajstić information content (AvgIpc) is 2.34. The first-order valence-corrected chi connectivity index (χ1v) is 5.26. The van der Waals surface area contributed by atoms with Gasteiger partial charge in [-0.25, -0.2) is 4.98 Å². The van der Waals surface area contributed by atoms with Gasteiger partial charge in [-0.1, -0.05) is 18.2 Å². The van der Waals surface area contributed by atoms with E-state index >= 15 is 0 Å². The molecule has 3 N–H and O–H groups in total. The summed E-state index contributed by atoms with van der Waals surface area (Å²) in [6, 6.07) is 10.7. The summed E-state index contributed by atoms with van der Waals surface area (Å²) in [7, 11) is 0. The second-order valence-electron chi connectivity index (χ2n) is 3.71. The first-order valence-electron chi connectivity index (χ1n) is 5.26. The number of nitrogens with two attached hydrogens (primary N) is 1. The summed E-state index contributed by atoms with van der Waals surface area (Å²) in [6.45, 7) is 1.87. The molecule has 17 heavy (non-hydrogen) atoms. The van der Waals surface area contributed by atoms with E-state index in [4.69, 9.17) is 5.73 Å². The lowest BCUT2D eigenvalue weighted by Crippen LogP contribution is -2.15. The number of carbonyl (C=O) groups is 1. The van der Waals surface area contributed by atoms with Gasteiger partial charge in [0.05, 0.1) is 5.56 Å². The van der Waals surface area contributed by atoms with E-state index in [9.17, 15) is 4.79 Å². The number of rotatable bonds is 2. The zero-order valence-electron chi connectivity index (χ0n) is 9.47. The third-order valence-corrected chi connectivity index (χ3v) is 2.48. The average molecular weight is 227 g/mol. The van der Waals surface area contributed by atoms with Crippen molar-refractivity contribution in [2.75, 3.05) is 11.1 Å². The maximum absolute atomic E-state index is 12.0. The van der Waals surface area contributed by atoms with Gasteiger partial charge in [0.1, 0.15) is 5.82 Å². The highest BCUT2D eigenvalue weighted by Crippen LogP contribution is 2.17. The molecule has 0 aliphatic rings. The molecule has 0 spiro atoms. The number of aromatic nitrogens is 1. The molecule has 1 heterocycles. The number of hydrogen-bond donors (Lipinski definition) is 2. The molecule has 1 amide bonds. The van der Waals surface area contributed by atoms with Crippen LogP contribution >= 0.6 is 0 Å². The first-order chi connectivity index (χ1) is 8.18. The molecule has 0 aliphatic heterocycles. The van der Waals surface area contributed by atoms with Crippen molar-refractivity contribution in [3.8, 4) is 0 Å². The van der Waals surface area contributed by atoms with Gasteiger partial charge in [0.15, 0.2) is 0 Å². The summed E-state index contributed by atoms with van der Waals surface area (Å²) in [5.74, 6) is 0.267. The molecular weight excluding hydrogens is 214 g/mol. The van der Waals surface area contributed by atoms with Crippen LogP contribution in [0.1, 0.15) is 15.9 Å². The van der Waals surface area contributed by atoms with Crippen LogP contribution in [0.4, 0.5) is 11.5 Å². The van der Waals surface area contributed by atoms with Crippen molar-refractivity contribution in [3.05, 3.63) is 53.7 Å². The Labute approximate surface area is 99.5 Å². The Hall–Kier alpha value is -2.36. The fourth-order valence-corrected chi connectivity index (χ4v) is 1.50. The van der Waals surface area contributed by atoms with E-state index in [1.165, 1.54) is 0 Å². The van der Waals surface area contributed by atoms with E-state index < -0.39 is 0 Å². The highest BCUT2D eigenvalue weighted by molar-refractivity contribution is 6.07. The van der Waals surface area contributed by atoms with Crippen LogP contribution in [0, 0.1) is 6.92 Å². The number of benzene rings is 1. The zero-order valence-corrected chi connectivity index (χ0v) is 9.47. The van der Waals surface area contributed by atoms with Crippen LogP contribution in [0.25, 0.3) is 0 Å². The highest BCUT2D eigenvalue weighted by Gasteiger charge is 2.11. The van der Waals surface area contributed by atoms with Crippen molar-refractivity contribution in [2.24, 2.45) is 0 Å². The lowest BCUT2D eigenvalue weighted by Gasteiger charge is -2.08. The lowest BCUT2D eigenvalue weighted by atomic mass is 10.1. The Morgan fingerprint density at radius 3 is 2.76 bits per heavy atom. The van der Waals surface area contributed by atoms with Gasteiger partial charge in [0.25, 0.3) is 5.91 Å². The van der Waals surface area contributed by atoms with Gasteiger partial charge in [-0.15, -0.1) is 0 Å². The number of anilines is 2. The minimum Gasteiger partial charge on any atom is -0.398 e. The summed E-state index contributed by atoms with van der Waals surface area (Å²) in [6.07, 6.45) is 1.62. The number of pyridine rings is 1. The van der Waals surface area contributed by atoms with Gasteiger partial charge < -0.3 is 11.1 Å². The van der Waals surface area contributed by atoms with Crippen LogP contribution in [0.5, 0.6) is 0 Å². The third-order valence-electron chi connectivity index (χ3n) is 2.48. The van der Waals surface area contributed by atoms with Crippen molar-refractivity contribution >= 4 is 17.4 Å². The normalized spacial score (nSPS) is 9.94. The van der Waals surface area contributed by atoms with Crippen LogP contribution in [0.2, 0.25) is 0 Å². The maximum Gasteiger partial charge on any atom is 0.258 e. The topological polar surface area (TPSA) is 68.0 Å². The van der Waals surface area contributed by atoms with Crippen molar-refractivity contribution in [2.45, 2.75) is 6.92 Å². The number of nitrogens with zero attached hydrogens (tertiary/aromatic N) is 1. The summed E-state index contributed by atoms with van der Waals surface area (Å²) in [5.41, 5.74) is 7.71. The quantitative estimate of drug-likeness (QED) is 0.773. The molecular formula is C13H13N3O. The Morgan fingerprint density at radius 2 is 2.06 bits per heavy atom. The van der Waals surface area contributed by atoms with E-state index in [1.807, 2.05) is 19.1 Å². The fourth-order valence-electron chi connectivity index (χ4n) is 1.50. The van der Waals surface area contributed by atoms with E-state index in [2.05, 4.69) is 10.3 Å². The minimum absolute atomic E-state index is 0.245. The van der Waals surface area contributed by atoms with Crippen LogP contribution in [-0.2, 0) is 0 Å². The Bertz CT molecular complexity index is 538. The predicted molar refractivity (Wildman–Crippen MR) is 67.8 cm³/mol. The second-order valence-corrected chi connectivity index (χ2v) is 3.71. The molecule has 0 saturated carbocycles. The van der Waals surface area contributed by atoms with Crippen LogP contribution in [0.15, 0.2) is 42.6 Å². The number of hydrogen-bond acceptors (Lipinski definition) is 3. The number of carbonyl (C=O) groups excluding carboxylic acids is 1. The van der Waals surface area contributed by atoms with Gasteiger partial charge in [-0.05, 0) is 30.7 Å². The SMILES string of the molecule is Cc1cccc(C(=O)Nc2ccccn2)c1N. The molecule has 0 atom stereocenters. The molecule has 0 unspecified atom stereocenters. The van der Waals surface area contributed by atoms with Crippen molar-refractivity contribution in [3.63, 3.8) is 0 Å². The number of aryl methyl sites for hydroxylation is 1. The smallest absolute Gasteiger partial charge is 0.258 e. The van der Waals surface area contributed by atoms with Gasteiger partial charge in [0.2, 0.25) is 0 Å². The Balaban J connectivity index is 2.24. The molecule has 2 aromatic rings. The number of nitrogen functional groups attached to an aromatic ring is 1. The summed E-state index contributed by atoms with van der Waals surface area (Å²) < 4.78 is 0. The summed E-state index contributed by atoms with van der Waals surface area (Å²) in [5, 5.41) is 2.70. The predicted octanol–water partition coefficient (Wildman–Crippen LogP) is 2.22. The van der Waals surface area contributed by atoms with E-state index in [1.54, 1.807) is 30.5 Å². The summed E-state index contributed by atoms with van der Waals surface area (Å²) in [4.78, 5) is 16.0. The largest absolute Gasteiger partial charge is 0.398 e. The second kappa shape index (κ2) is 4.65. The standard InChI is InChI=1S/C13H13N3O/c1-9-5-4-6-10(12(9)14)13(17)16-11-7-2-3-8-15-11/h2-8H,14H2,1H3,(H,15,16,17). The molecule has 4 nitrogen and oxygen atoms in total. The molecule has 86 valence electrons. The molecule has 0 bridgehead atoms. The fraction of sp³-hybridized carbons (Fsp3) is 0.0769. The molecule has 2 rings (SSSR count). The first kappa shape index (κ1) is 11.1.